The highest BCUT2D eigenvalue weighted by atomic mass is 16.5. The molecular formula is C11H20N2O7. The monoisotopic (exact) mass is 292 g/mol. The molecule has 4 N–H and O–H groups in total. The summed E-state index contributed by atoms with van der Waals surface area (Å²) in [7, 11) is 1.45. The summed E-state index contributed by atoms with van der Waals surface area (Å²) in [6.45, 7) is 0.179. The van der Waals surface area contributed by atoms with Crippen LogP contribution in [0, 0.1) is 0 Å². The van der Waals surface area contributed by atoms with Crippen LogP contribution in [0.4, 0.5) is 4.79 Å². The summed E-state index contributed by atoms with van der Waals surface area (Å²) in [5.74, 6) is -2.45. The van der Waals surface area contributed by atoms with Crippen LogP contribution in [0.1, 0.15) is 12.8 Å². The van der Waals surface area contributed by atoms with Crippen LogP contribution < -0.4 is 5.32 Å². The lowest BCUT2D eigenvalue weighted by molar-refractivity contribution is -0.140. The van der Waals surface area contributed by atoms with Crippen molar-refractivity contribution in [1.29, 1.82) is 0 Å². The number of carbonyl (C=O) groups excluding carboxylic acids is 1. The van der Waals surface area contributed by atoms with Gasteiger partial charge in [-0.25, -0.2) is 9.59 Å². The molecule has 0 heterocycles. The van der Waals surface area contributed by atoms with Crippen LogP contribution in [0.15, 0.2) is 0 Å². The molecule has 0 spiro atoms. The Kier molecular flexibility index (Phi) is 9.05. The van der Waals surface area contributed by atoms with Gasteiger partial charge in [-0.15, -0.1) is 0 Å². The van der Waals surface area contributed by atoms with Gasteiger partial charge in [0, 0.05) is 26.6 Å². The molecule has 0 aliphatic rings. The second-order valence-corrected chi connectivity index (χ2v) is 3.98. The molecule has 0 aromatic heterocycles. The van der Waals surface area contributed by atoms with Gasteiger partial charge in [0.1, 0.15) is 6.04 Å². The smallest absolute Gasteiger partial charge is 0.326 e. The van der Waals surface area contributed by atoms with Gasteiger partial charge in [-0.2, -0.15) is 0 Å². The minimum absolute atomic E-state index is 0.0282. The van der Waals surface area contributed by atoms with Crippen LogP contribution in [0.2, 0.25) is 0 Å². The number of ether oxygens (including phenoxy) is 1. The predicted molar refractivity (Wildman–Crippen MR) is 67.4 cm³/mol. The largest absolute Gasteiger partial charge is 0.481 e. The zero-order valence-electron chi connectivity index (χ0n) is 11.2. The molecule has 0 aromatic carbocycles. The Balaban J connectivity index is 4.52. The van der Waals surface area contributed by atoms with Gasteiger partial charge in [0.2, 0.25) is 0 Å². The number of rotatable bonds is 10. The number of methoxy groups -OCH3 is 1. The molecule has 116 valence electrons. The van der Waals surface area contributed by atoms with Crippen LogP contribution in [0.3, 0.4) is 0 Å². The lowest BCUT2D eigenvalue weighted by Crippen LogP contribution is -2.49. The van der Waals surface area contributed by atoms with Crippen LogP contribution in [0.5, 0.6) is 0 Å². The van der Waals surface area contributed by atoms with E-state index >= 15 is 0 Å². The normalized spacial score (nSPS) is 11.7. The first-order valence-corrected chi connectivity index (χ1v) is 6.02. The van der Waals surface area contributed by atoms with E-state index in [1.165, 1.54) is 12.0 Å². The number of carbonyl (C=O) groups is 3. The number of carboxylic acid groups (broad SMARTS) is 2. The van der Waals surface area contributed by atoms with Crippen LogP contribution >= 0.6 is 0 Å². The second kappa shape index (κ2) is 9.98. The predicted octanol–water partition coefficient (Wildman–Crippen LogP) is -1.05. The third-order valence-corrected chi connectivity index (χ3v) is 2.47. The van der Waals surface area contributed by atoms with E-state index in [-0.39, 0.29) is 39.1 Å². The van der Waals surface area contributed by atoms with Crippen molar-refractivity contribution in [3.05, 3.63) is 0 Å². The van der Waals surface area contributed by atoms with Crippen molar-refractivity contribution in [2.24, 2.45) is 0 Å². The number of aliphatic hydroxyl groups excluding tert-OH is 1. The maximum Gasteiger partial charge on any atom is 0.326 e. The molecule has 0 bridgehead atoms. The van der Waals surface area contributed by atoms with E-state index in [0.717, 1.165) is 0 Å². The van der Waals surface area contributed by atoms with E-state index in [4.69, 9.17) is 20.1 Å². The lowest BCUT2D eigenvalue weighted by Gasteiger charge is -2.24. The van der Waals surface area contributed by atoms with E-state index in [0.29, 0.717) is 0 Å². The zero-order valence-corrected chi connectivity index (χ0v) is 11.2. The Morgan fingerprint density at radius 1 is 1.25 bits per heavy atom. The van der Waals surface area contributed by atoms with Crippen LogP contribution in [-0.4, -0.2) is 77.6 Å². The average Bonchev–Trinajstić information content (AvgIpc) is 2.38. The van der Waals surface area contributed by atoms with Gasteiger partial charge in [0.05, 0.1) is 13.2 Å². The quantitative estimate of drug-likeness (QED) is 0.403. The number of carboxylic acids is 2. The number of nitrogens with zero attached hydrogens (tertiary/aromatic N) is 1. The summed E-state index contributed by atoms with van der Waals surface area (Å²) in [5, 5.41) is 28.5. The number of urea groups is 1. The maximum atomic E-state index is 11.8. The molecule has 0 fully saturated rings. The molecule has 1 unspecified atom stereocenters. The minimum Gasteiger partial charge on any atom is -0.481 e. The molecule has 2 amide bonds. The van der Waals surface area contributed by atoms with Gasteiger partial charge in [0.15, 0.2) is 0 Å². The highest BCUT2D eigenvalue weighted by Crippen LogP contribution is 2.00. The fraction of sp³-hybridized carbons (Fsp3) is 0.727. The first kappa shape index (κ1) is 18.1. The first-order valence-electron chi connectivity index (χ1n) is 6.02. The van der Waals surface area contributed by atoms with E-state index in [2.05, 4.69) is 5.32 Å². The number of aliphatic hydroxyl groups is 1. The summed E-state index contributed by atoms with van der Waals surface area (Å²) >= 11 is 0. The second-order valence-electron chi connectivity index (χ2n) is 3.98. The molecule has 0 aromatic rings. The Bertz CT molecular complexity index is 335. The SMILES string of the molecule is COCCN(CCO)C(=O)NC(CCC(=O)O)C(=O)O. The van der Waals surface area contributed by atoms with Gasteiger partial charge in [-0.3, -0.25) is 4.79 Å². The fourth-order valence-electron chi connectivity index (χ4n) is 1.40. The number of amides is 2. The van der Waals surface area contributed by atoms with Crippen molar-refractivity contribution in [1.82, 2.24) is 10.2 Å². The first-order chi connectivity index (χ1) is 9.42. The summed E-state index contributed by atoms with van der Waals surface area (Å²) < 4.78 is 4.80. The van der Waals surface area contributed by atoms with Crippen molar-refractivity contribution < 1.29 is 34.4 Å². The Morgan fingerprint density at radius 3 is 2.35 bits per heavy atom. The van der Waals surface area contributed by atoms with Gasteiger partial charge < -0.3 is 30.3 Å². The van der Waals surface area contributed by atoms with E-state index < -0.39 is 24.0 Å². The molecule has 9 heteroatoms. The van der Waals surface area contributed by atoms with Gasteiger partial charge >= 0.3 is 18.0 Å². The van der Waals surface area contributed by atoms with E-state index in [1.54, 1.807) is 0 Å². The van der Waals surface area contributed by atoms with E-state index in [9.17, 15) is 14.4 Å². The van der Waals surface area contributed by atoms with Crippen molar-refractivity contribution >= 4 is 18.0 Å². The Labute approximate surface area is 116 Å². The molecule has 0 aliphatic heterocycles. The zero-order chi connectivity index (χ0) is 15.5. The third-order valence-electron chi connectivity index (χ3n) is 2.47. The molecule has 20 heavy (non-hydrogen) atoms. The van der Waals surface area contributed by atoms with Crippen molar-refractivity contribution in [3.8, 4) is 0 Å². The van der Waals surface area contributed by atoms with E-state index in [1.807, 2.05) is 0 Å². The Hall–Kier alpha value is -1.87. The standard InChI is InChI=1S/C11H20N2O7/c1-20-7-5-13(4-6-14)11(19)12-8(10(17)18)2-3-9(15)16/h8,14H,2-7H2,1H3,(H,12,19)(H,15,16)(H,17,18). The highest BCUT2D eigenvalue weighted by molar-refractivity contribution is 5.83. The molecule has 0 radical (unpaired) electrons. The van der Waals surface area contributed by atoms with Gasteiger partial charge in [-0.05, 0) is 6.42 Å². The lowest BCUT2D eigenvalue weighted by atomic mass is 10.1. The molecule has 9 nitrogen and oxygen atoms in total. The molecule has 0 aliphatic carbocycles. The third kappa shape index (κ3) is 7.54. The number of aliphatic carboxylic acids is 2. The minimum atomic E-state index is -1.31. The van der Waals surface area contributed by atoms with Gasteiger partial charge in [-0.1, -0.05) is 0 Å². The molecule has 0 saturated heterocycles. The van der Waals surface area contributed by atoms with Crippen molar-refractivity contribution in [2.45, 2.75) is 18.9 Å². The molecule has 0 saturated carbocycles. The number of hydrogen-bond acceptors (Lipinski definition) is 5. The molecule has 1 atom stereocenters. The Morgan fingerprint density at radius 2 is 1.90 bits per heavy atom. The van der Waals surface area contributed by atoms with Crippen molar-refractivity contribution in [3.63, 3.8) is 0 Å². The van der Waals surface area contributed by atoms with Crippen LogP contribution in [-0.2, 0) is 14.3 Å². The summed E-state index contributed by atoms with van der Waals surface area (Å²) in [6, 6.07) is -1.98. The fourth-order valence-corrected chi connectivity index (χ4v) is 1.40. The topological polar surface area (TPSA) is 136 Å². The molecular weight excluding hydrogens is 272 g/mol. The molecule has 0 rings (SSSR count). The van der Waals surface area contributed by atoms with Crippen LogP contribution in [0.25, 0.3) is 0 Å². The summed E-state index contributed by atoms with van der Waals surface area (Å²) in [5.41, 5.74) is 0. The summed E-state index contributed by atoms with van der Waals surface area (Å²) in [6.07, 6.45) is -0.580. The maximum absolute atomic E-state index is 11.8. The number of nitrogens with one attached hydrogen (secondary N) is 1. The van der Waals surface area contributed by atoms with Crippen molar-refractivity contribution in [2.75, 3.05) is 33.4 Å². The highest BCUT2D eigenvalue weighted by Gasteiger charge is 2.23. The number of hydrogen-bond donors (Lipinski definition) is 4. The summed E-state index contributed by atoms with van der Waals surface area (Å²) in [4.78, 5) is 34.4. The average molecular weight is 292 g/mol. The van der Waals surface area contributed by atoms with Gasteiger partial charge in [0.25, 0.3) is 0 Å².